The average Bonchev–Trinajstić information content (AvgIpc) is 2.80. The van der Waals surface area contributed by atoms with Crippen molar-refractivity contribution in [1.29, 1.82) is 5.26 Å². The van der Waals surface area contributed by atoms with Crippen molar-refractivity contribution in [2.24, 2.45) is 0 Å². The van der Waals surface area contributed by atoms with Gasteiger partial charge in [-0.05, 0) is 74.9 Å². The molecular weight excluding hydrogens is 402 g/mol. The molecule has 164 valence electrons. The number of anilines is 1. The molecule has 3 heteroatoms. The molecule has 0 bridgehead atoms. The molecule has 3 aromatic rings. The van der Waals surface area contributed by atoms with E-state index in [4.69, 9.17) is 6.57 Å². The van der Waals surface area contributed by atoms with E-state index in [0.717, 1.165) is 29.4 Å². The molecule has 0 fully saturated rings. The Balaban J connectivity index is 1.64. The highest BCUT2D eigenvalue weighted by molar-refractivity contribution is 6.01. The number of benzene rings is 3. The fourth-order valence-corrected chi connectivity index (χ4v) is 5.46. The molecule has 2 aliphatic rings. The molecule has 0 spiro atoms. The van der Waals surface area contributed by atoms with Crippen LogP contribution in [0.3, 0.4) is 0 Å². The average molecular weight is 432 g/mol. The Morgan fingerprint density at radius 2 is 1.61 bits per heavy atom. The summed E-state index contributed by atoms with van der Waals surface area (Å²) in [6.45, 7) is 19.5. The van der Waals surface area contributed by atoms with Crippen LogP contribution in [0.15, 0.2) is 42.5 Å². The summed E-state index contributed by atoms with van der Waals surface area (Å²) in [7, 11) is 0. The third-order valence-electron chi connectivity index (χ3n) is 7.67. The Labute approximate surface area is 196 Å². The molecule has 33 heavy (non-hydrogen) atoms. The van der Waals surface area contributed by atoms with Crippen molar-refractivity contribution >= 4 is 34.3 Å². The van der Waals surface area contributed by atoms with E-state index in [1.165, 1.54) is 35.2 Å². The minimum atomic E-state index is 0.149. The van der Waals surface area contributed by atoms with Crippen LogP contribution in [0, 0.1) is 17.9 Å². The SMILES string of the molecule is [C-]#[N+]c1c(C=Cc2cc3c4c(c2)C(C)(C)CCN4CCC3(C)C)ccc2c(C#N)cccc12. The first-order valence-corrected chi connectivity index (χ1v) is 11.7. The highest BCUT2D eigenvalue weighted by Crippen LogP contribution is 2.49. The van der Waals surface area contributed by atoms with Gasteiger partial charge in [0.25, 0.3) is 0 Å². The highest BCUT2D eigenvalue weighted by Gasteiger charge is 2.39. The minimum absolute atomic E-state index is 0.149. The standard InChI is InChI=1S/C30H29N3/c1-29(2)13-15-33-16-14-30(3,4)26-18-20(17-25(29)28(26)33)9-10-21-11-12-23-22(19-31)7-6-8-24(23)27(21)32-5/h6-12,17-18H,13-16H2,1-4H3. The smallest absolute Gasteiger partial charge is 0.202 e. The fourth-order valence-electron chi connectivity index (χ4n) is 5.46. The lowest BCUT2D eigenvalue weighted by atomic mass is 9.69. The Morgan fingerprint density at radius 1 is 0.939 bits per heavy atom. The molecule has 0 radical (unpaired) electrons. The molecule has 0 aromatic heterocycles. The number of rotatable bonds is 2. The van der Waals surface area contributed by atoms with Gasteiger partial charge >= 0.3 is 0 Å². The summed E-state index contributed by atoms with van der Waals surface area (Å²) in [6, 6.07) is 16.5. The van der Waals surface area contributed by atoms with Crippen LogP contribution in [0.1, 0.15) is 68.4 Å². The summed E-state index contributed by atoms with van der Waals surface area (Å²) in [5, 5.41) is 11.1. The second kappa shape index (κ2) is 7.50. The molecule has 0 saturated carbocycles. The second-order valence-electron chi connectivity index (χ2n) is 10.7. The summed E-state index contributed by atoms with van der Waals surface area (Å²) in [4.78, 5) is 6.42. The zero-order chi connectivity index (χ0) is 23.4. The predicted molar refractivity (Wildman–Crippen MR) is 138 cm³/mol. The lowest BCUT2D eigenvalue weighted by molar-refractivity contribution is 0.401. The fraction of sp³-hybridized carbons (Fsp3) is 0.333. The van der Waals surface area contributed by atoms with E-state index in [2.05, 4.69) is 67.8 Å². The van der Waals surface area contributed by atoms with Gasteiger partial charge in [0, 0.05) is 18.8 Å². The molecule has 0 saturated heterocycles. The van der Waals surface area contributed by atoms with Crippen LogP contribution >= 0.6 is 0 Å². The van der Waals surface area contributed by atoms with Crippen LogP contribution in [0.5, 0.6) is 0 Å². The summed E-state index contributed by atoms with van der Waals surface area (Å²) in [6.07, 6.45) is 6.55. The van der Waals surface area contributed by atoms with Crippen molar-refractivity contribution in [3.63, 3.8) is 0 Å². The first-order valence-electron chi connectivity index (χ1n) is 11.7. The molecule has 3 nitrogen and oxygen atoms in total. The molecular formula is C30H29N3. The molecule has 0 atom stereocenters. The van der Waals surface area contributed by atoms with E-state index in [1.807, 2.05) is 24.3 Å². The molecule has 2 aliphatic heterocycles. The Hall–Kier alpha value is -3.56. The third-order valence-corrected chi connectivity index (χ3v) is 7.67. The van der Waals surface area contributed by atoms with Gasteiger partial charge in [-0.1, -0.05) is 64.1 Å². The zero-order valence-corrected chi connectivity index (χ0v) is 19.9. The summed E-state index contributed by atoms with van der Waals surface area (Å²) >= 11 is 0. The summed E-state index contributed by atoms with van der Waals surface area (Å²) in [5.41, 5.74) is 7.93. The van der Waals surface area contributed by atoms with Crippen molar-refractivity contribution in [3.05, 3.63) is 81.7 Å². The molecule has 0 amide bonds. The maximum atomic E-state index is 9.43. The number of hydrogen-bond donors (Lipinski definition) is 0. The van der Waals surface area contributed by atoms with Gasteiger partial charge in [-0.3, -0.25) is 0 Å². The normalized spacial score (nSPS) is 18.1. The van der Waals surface area contributed by atoms with E-state index < -0.39 is 0 Å². The van der Waals surface area contributed by atoms with Gasteiger partial charge in [-0.2, -0.15) is 5.26 Å². The van der Waals surface area contributed by atoms with Gasteiger partial charge in [0.05, 0.1) is 18.2 Å². The quantitative estimate of drug-likeness (QED) is 0.309. The van der Waals surface area contributed by atoms with Crippen molar-refractivity contribution < 1.29 is 0 Å². The van der Waals surface area contributed by atoms with Gasteiger partial charge in [-0.15, -0.1) is 0 Å². The summed E-state index contributed by atoms with van der Waals surface area (Å²) < 4.78 is 0. The van der Waals surface area contributed by atoms with E-state index in [0.29, 0.717) is 11.3 Å². The maximum Gasteiger partial charge on any atom is 0.202 e. The van der Waals surface area contributed by atoms with E-state index in [9.17, 15) is 5.26 Å². The van der Waals surface area contributed by atoms with Crippen LogP contribution in [0.25, 0.3) is 27.8 Å². The number of nitriles is 1. The minimum Gasteiger partial charge on any atom is -0.371 e. The third kappa shape index (κ3) is 3.40. The van der Waals surface area contributed by atoms with Crippen LogP contribution in [-0.2, 0) is 10.8 Å². The van der Waals surface area contributed by atoms with Crippen LogP contribution in [-0.4, -0.2) is 13.1 Å². The molecule has 0 unspecified atom stereocenters. The second-order valence-corrected chi connectivity index (χ2v) is 10.7. The van der Waals surface area contributed by atoms with E-state index >= 15 is 0 Å². The van der Waals surface area contributed by atoms with Gasteiger partial charge in [0.15, 0.2) is 0 Å². The van der Waals surface area contributed by atoms with Crippen LogP contribution < -0.4 is 4.90 Å². The topological polar surface area (TPSA) is 31.4 Å². The van der Waals surface area contributed by atoms with Gasteiger partial charge < -0.3 is 4.90 Å². The molecule has 0 aliphatic carbocycles. The van der Waals surface area contributed by atoms with Crippen LogP contribution in [0.2, 0.25) is 0 Å². The molecule has 2 heterocycles. The predicted octanol–water partition coefficient (Wildman–Crippen LogP) is 7.60. The molecule has 0 N–H and O–H groups in total. The van der Waals surface area contributed by atoms with Gasteiger partial charge in [-0.25, -0.2) is 4.85 Å². The monoisotopic (exact) mass is 431 g/mol. The van der Waals surface area contributed by atoms with Crippen molar-refractivity contribution in [2.45, 2.75) is 51.4 Å². The number of nitrogens with zero attached hydrogens (tertiary/aromatic N) is 3. The first kappa shape index (κ1) is 21.3. The van der Waals surface area contributed by atoms with Gasteiger partial charge in [0.2, 0.25) is 5.69 Å². The maximum absolute atomic E-state index is 9.43. The van der Waals surface area contributed by atoms with Crippen LogP contribution in [0.4, 0.5) is 11.4 Å². The summed E-state index contributed by atoms with van der Waals surface area (Å²) in [5.74, 6) is 0. The van der Waals surface area contributed by atoms with Crippen molar-refractivity contribution in [2.75, 3.05) is 18.0 Å². The first-order chi connectivity index (χ1) is 15.7. The van der Waals surface area contributed by atoms with E-state index in [1.54, 1.807) is 6.07 Å². The highest BCUT2D eigenvalue weighted by atomic mass is 15.2. The number of fused-ring (bicyclic) bond motifs is 1. The van der Waals surface area contributed by atoms with E-state index in [-0.39, 0.29) is 10.8 Å². The zero-order valence-electron chi connectivity index (χ0n) is 19.9. The molecule has 5 rings (SSSR count). The lowest BCUT2D eigenvalue weighted by Gasteiger charge is -2.48. The lowest BCUT2D eigenvalue weighted by Crippen LogP contribution is -2.44. The molecule has 3 aromatic carbocycles. The van der Waals surface area contributed by atoms with Crippen molar-refractivity contribution in [1.82, 2.24) is 0 Å². The largest absolute Gasteiger partial charge is 0.371 e. The van der Waals surface area contributed by atoms with Gasteiger partial charge in [0.1, 0.15) is 0 Å². The Morgan fingerprint density at radius 3 is 2.21 bits per heavy atom. The van der Waals surface area contributed by atoms with Crippen molar-refractivity contribution in [3.8, 4) is 6.07 Å². The Kier molecular flexibility index (Phi) is 4.84. The Bertz CT molecular complexity index is 1350. The number of hydrogen-bond acceptors (Lipinski definition) is 2.